The number of rotatable bonds is 5. The van der Waals surface area contributed by atoms with Gasteiger partial charge in [0.25, 0.3) is 18.9 Å². The normalized spacial score (nSPS) is 13.7. The molecule has 4 aromatic rings. The van der Waals surface area contributed by atoms with E-state index < -0.39 is 24.5 Å². The van der Waals surface area contributed by atoms with Crippen molar-refractivity contribution in [3.05, 3.63) is 78.2 Å². The number of hydrogen-bond acceptors (Lipinski definition) is 9. The maximum Gasteiger partial charge on any atom is 0.490 e. The first-order chi connectivity index (χ1) is 24.2. The number of alkyl halides is 9. The number of methoxy groups -OCH3 is 1. The van der Waals surface area contributed by atoms with Crippen LogP contribution in [0.5, 0.6) is 5.75 Å². The van der Waals surface area contributed by atoms with Gasteiger partial charge in [-0.25, -0.2) is 14.3 Å². The summed E-state index contributed by atoms with van der Waals surface area (Å²) in [5, 5.41) is 28.5. The minimum absolute atomic E-state index is 0.250. The average Bonchev–Trinajstić information content (AvgIpc) is 3.72. The first-order valence-electron chi connectivity index (χ1n) is 13.8. The van der Waals surface area contributed by atoms with E-state index in [0.717, 1.165) is 31.0 Å². The Balaban J connectivity index is 0.000000531. The number of imidazole rings is 1. The van der Waals surface area contributed by atoms with Crippen LogP contribution in [0.25, 0.3) is 5.65 Å². The lowest BCUT2D eigenvalue weighted by atomic mass is 10.0. The second kappa shape index (κ2) is 19.9. The van der Waals surface area contributed by atoms with Gasteiger partial charge in [-0.2, -0.15) is 39.5 Å². The van der Waals surface area contributed by atoms with Gasteiger partial charge in [-0.1, -0.05) is 12.1 Å². The van der Waals surface area contributed by atoms with E-state index in [2.05, 4.69) is 32.3 Å². The van der Waals surface area contributed by atoms with Crippen molar-refractivity contribution >= 4 is 42.1 Å². The summed E-state index contributed by atoms with van der Waals surface area (Å²) in [5.74, 6) is -0.824. The number of amides is 1. The van der Waals surface area contributed by atoms with Gasteiger partial charge in [-0.3, -0.25) is 19.4 Å². The number of aromatic nitrogens is 4. The summed E-state index contributed by atoms with van der Waals surface area (Å²) in [7, 11) is 1.68. The Bertz CT molecular complexity index is 1700. The number of nitrogens with one attached hydrogen (secondary N) is 1. The highest BCUT2D eigenvalue weighted by Gasteiger charge is 2.58. The smallest absolute Gasteiger partial charge is 0.490 e. The molecule has 1 aliphatic heterocycles. The number of carboxylic acid groups (broad SMARTS) is 3. The zero-order chi connectivity index (χ0) is 39.7. The number of anilines is 2. The van der Waals surface area contributed by atoms with Gasteiger partial charge in [-0.15, -0.1) is 5.10 Å². The van der Waals surface area contributed by atoms with Gasteiger partial charge in [0.15, 0.2) is 11.5 Å². The fourth-order valence-electron chi connectivity index (χ4n) is 3.98. The SMILES string of the molecule is COc1ccc(C2CCCN2c2ccc3nc(NC(=O)c4cccnc4)cn3n2)cc1.FC(F)(F)C(F)(F)F.O=C(O)C(F)(F)F.O=CO.O=CO. The minimum Gasteiger partial charge on any atom is -0.497 e. The van der Waals surface area contributed by atoms with Crippen LogP contribution in [0.2, 0.25) is 0 Å². The average molecular weight is 759 g/mol. The topological polar surface area (TPSA) is 197 Å². The molecule has 0 saturated carbocycles. The van der Waals surface area contributed by atoms with E-state index in [1.807, 2.05) is 24.3 Å². The van der Waals surface area contributed by atoms with E-state index in [9.17, 15) is 44.3 Å². The lowest BCUT2D eigenvalue weighted by Crippen LogP contribution is -2.30. The van der Waals surface area contributed by atoms with Crippen LogP contribution < -0.4 is 15.0 Å². The number of nitrogens with zero attached hydrogens (tertiary/aromatic N) is 5. The van der Waals surface area contributed by atoms with Crippen molar-refractivity contribution in [3.8, 4) is 5.75 Å². The third-order valence-electron chi connectivity index (χ3n) is 6.08. The maximum absolute atomic E-state index is 12.4. The van der Waals surface area contributed by atoms with E-state index in [0.29, 0.717) is 17.0 Å². The van der Waals surface area contributed by atoms with Crippen LogP contribution >= 0.6 is 0 Å². The molecule has 1 saturated heterocycles. The highest BCUT2D eigenvalue weighted by atomic mass is 19.5. The van der Waals surface area contributed by atoms with Crippen LogP contribution in [0.15, 0.2) is 67.1 Å². The number of carbonyl (C=O) groups is 4. The molecule has 1 amide bonds. The van der Waals surface area contributed by atoms with E-state index in [-0.39, 0.29) is 24.9 Å². The number of benzene rings is 1. The van der Waals surface area contributed by atoms with Crippen molar-refractivity contribution in [2.45, 2.75) is 37.4 Å². The van der Waals surface area contributed by atoms with Gasteiger partial charge in [0, 0.05) is 18.9 Å². The molecule has 3 aromatic heterocycles. The molecule has 52 heavy (non-hydrogen) atoms. The van der Waals surface area contributed by atoms with Crippen molar-refractivity contribution < 1.29 is 78.7 Å². The molecular formula is C29H27F9N6O8. The van der Waals surface area contributed by atoms with Gasteiger partial charge in [-0.05, 0) is 54.8 Å². The van der Waals surface area contributed by atoms with E-state index >= 15 is 0 Å². The highest BCUT2D eigenvalue weighted by molar-refractivity contribution is 6.03. The molecule has 0 bridgehead atoms. The fraction of sp³-hybridized carbons (Fsp3) is 0.276. The Hall–Kier alpha value is -6.16. The molecule has 0 spiro atoms. The Labute approximate surface area is 286 Å². The Morgan fingerprint density at radius 1 is 0.923 bits per heavy atom. The van der Waals surface area contributed by atoms with Gasteiger partial charge < -0.3 is 30.3 Å². The maximum atomic E-state index is 12.4. The molecule has 0 radical (unpaired) electrons. The molecular weight excluding hydrogens is 731 g/mol. The zero-order valence-corrected chi connectivity index (χ0v) is 26.2. The number of fused-ring (bicyclic) bond motifs is 1. The molecule has 23 heteroatoms. The number of ether oxygens (including phenoxy) is 1. The Kier molecular flexibility index (Phi) is 16.8. The minimum atomic E-state index is -6.06. The third kappa shape index (κ3) is 14.0. The second-order valence-electron chi connectivity index (χ2n) is 9.45. The quantitative estimate of drug-likeness (QED) is 0.140. The molecule has 5 rings (SSSR count). The molecule has 1 unspecified atom stereocenters. The van der Waals surface area contributed by atoms with Crippen molar-refractivity contribution in [1.82, 2.24) is 19.6 Å². The molecule has 0 aliphatic carbocycles. The summed E-state index contributed by atoms with van der Waals surface area (Å²) in [5.41, 5.74) is 2.40. The van der Waals surface area contributed by atoms with Crippen LogP contribution in [0, 0.1) is 0 Å². The van der Waals surface area contributed by atoms with Crippen LogP contribution in [0.3, 0.4) is 0 Å². The fourth-order valence-corrected chi connectivity index (χ4v) is 3.98. The van der Waals surface area contributed by atoms with Gasteiger partial charge in [0.2, 0.25) is 0 Å². The number of carboxylic acids is 1. The number of pyridine rings is 1. The van der Waals surface area contributed by atoms with Crippen LogP contribution in [-0.2, 0) is 14.4 Å². The summed E-state index contributed by atoms with van der Waals surface area (Å²) in [4.78, 5) is 48.7. The van der Waals surface area contributed by atoms with Crippen LogP contribution in [0.1, 0.15) is 34.8 Å². The van der Waals surface area contributed by atoms with Crippen molar-refractivity contribution in [2.75, 3.05) is 23.9 Å². The van der Waals surface area contributed by atoms with Crippen molar-refractivity contribution in [1.29, 1.82) is 0 Å². The standard InChI is InChI=1S/C23H22N6O2.C2F6.C2HF3O2.2CH2O2/c1-31-18-8-6-16(7-9-18)19-5-3-13-28(19)22-11-10-21-25-20(15-29(21)27-22)26-23(30)17-4-2-12-24-14-17;3-1(4,5)2(6,7)8;3-2(4,5)1(6)7;2*2-1-3/h2,4,6-12,14-15,19H,3,5,13H2,1H3,(H,26,30);;(H,6,7);2*1H,(H,2,3). The summed E-state index contributed by atoms with van der Waals surface area (Å²) in [6, 6.07) is 15.8. The molecule has 1 aliphatic rings. The lowest BCUT2D eigenvalue weighted by molar-refractivity contribution is -0.339. The second-order valence-corrected chi connectivity index (χ2v) is 9.45. The van der Waals surface area contributed by atoms with Gasteiger partial charge in [0.05, 0.1) is 24.9 Å². The van der Waals surface area contributed by atoms with Gasteiger partial charge >= 0.3 is 24.5 Å². The number of hydrogen-bond donors (Lipinski definition) is 4. The molecule has 14 nitrogen and oxygen atoms in total. The predicted molar refractivity (Wildman–Crippen MR) is 161 cm³/mol. The van der Waals surface area contributed by atoms with E-state index in [4.69, 9.17) is 39.5 Å². The molecule has 4 N–H and O–H groups in total. The van der Waals surface area contributed by atoms with E-state index in [1.165, 1.54) is 11.8 Å². The summed E-state index contributed by atoms with van der Waals surface area (Å²) in [6.45, 7) is 0.439. The first kappa shape index (κ1) is 43.9. The van der Waals surface area contributed by atoms with Crippen LogP contribution in [-0.4, -0.2) is 91.9 Å². The molecule has 1 fully saturated rings. The first-order valence-corrected chi connectivity index (χ1v) is 13.8. The molecule has 1 aromatic carbocycles. The van der Waals surface area contributed by atoms with E-state index in [1.54, 1.807) is 36.2 Å². The summed E-state index contributed by atoms with van der Waals surface area (Å²) >= 11 is 0. The number of halogens is 9. The molecule has 4 heterocycles. The van der Waals surface area contributed by atoms with Crippen LogP contribution in [0.4, 0.5) is 51.1 Å². The largest absolute Gasteiger partial charge is 0.497 e. The lowest BCUT2D eigenvalue weighted by Gasteiger charge is -2.26. The monoisotopic (exact) mass is 758 g/mol. The summed E-state index contributed by atoms with van der Waals surface area (Å²) < 4.78 is 101. The number of aliphatic carboxylic acids is 1. The highest BCUT2D eigenvalue weighted by Crippen LogP contribution is 2.37. The predicted octanol–water partition coefficient (Wildman–Crippen LogP) is 5.87. The molecule has 1 atom stereocenters. The zero-order valence-electron chi connectivity index (χ0n) is 26.2. The Morgan fingerprint density at radius 2 is 1.48 bits per heavy atom. The van der Waals surface area contributed by atoms with Crippen molar-refractivity contribution in [2.24, 2.45) is 0 Å². The van der Waals surface area contributed by atoms with Crippen molar-refractivity contribution in [3.63, 3.8) is 0 Å². The molecule has 284 valence electrons. The number of carbonyl (C=O) groups excluding carboxylic acids is 1. The van der Waals surface area contributed by atoms with Gasteiger partial charge in [0.1, 0.15) is 11.6 Å². The Morgan fingerprint density at radius 3 is 1.94 bits per heavy atom. The summed E-state index contributed by atoms with van der Waals surface area (Å²) in [6.07, 6.45) is -10.2. The third-order valence-corrected chi connectivity index (χ3v) is 6.08.